The van der Waals surface area contributed by atoms with Gasteiger partial charge in [0.15, 0.2) is 0 Å². The lowest BCUT2D eigenvalue weighted by atomic mass is 10.1. The Kier molecular flexibility index (Phi) is 5.09. The molecule has 0 unspecified atom stereocenters. The van der Waals surface area contributed by atoms with Gasteiger partial charge in [-0.05, 0) is 44.1 Å². The quantitative estimate of drug-likeness (QED) is 0.752. The van der Waals surface area contributed by atoms with Gasteiger partial charge in [-0.1, -0.05) is 40.3 Å². The Morgan fingerprint density at radius 3 is 2.76 bits per heavy atom. The van der Waals surface area contributed by atoms with Gasteiger partial charge in [-0.25, -0.2) is 0 Å². The van der Waals surface area contributed by atoms with E-state index in [1.54, 1.807) is 0 Å². The average Bonchev–Trinajstić information content (AvgIpc) is 2.36. The first-order chi connectivity index (χ1) is 8.34. The summed E-state index contributed by atoms with van der Waals surface area (Å²) in [7, 11) is 0. The fourth-order valence-electron chi connectivity index (χ4n) is 2.13. The molecule has 0 saturated carbocycles. The van der Waals surface area contributed by atoms with Crippen LogP contribution in [0.2, 0.25) is 0 Å². The van der Waals surface area contributed by atoms with Crippen molar-refractivity contribution in [1.82, 2.24) is 4.90 Å². The van der Waals surface area contributed by atoms with Crippen molar-refractivity contribution in [3.8, 4) is 11.8 Å². The second kappa shape index (κ2) is 6.83. The van der Waals surface area contributed by atoms with Gasteiger partial charge in [-0.2, -0.15) is 0 Å². The number of rotatable bonds is 2. The number of hydrogen-bond donors (Lipinski definition) is 0. The van der Waals surface area contributed by atoms with E-state index in [0.717, 1.165) is 23.0 Å². The maximum Gasteiger partial charge on any atom is 0.0256 e. The lowest BCUT2D eigenvalue weighted by Crippen LogP contribution is -2.30. The highest BCUT2D eigenvalue weighted by atomic mass is 79.9. The minimum absolute atomic E-state index is 0.979. The molecular weight excluding hydrogens is 274 g/mol. The molecule has 17 heavy (non-hydrogen) atoms. The van der Waals surface area contributed by atoms with Crippen molar-refractivity contribution in [3.05, 3.63) is 34.3 Å². The highest BCUT2D eigenvalue weighted by Crippen LogP contribution is 2.11. The van der Waals surface area contributed by atoms with Crippen LogP contribution in [-0.2, 0) is 0 Å². The van der Waals surface area contributed by atoms with Gasteiger partial charge < -0.3 is 4.90 Å². The molecular formula is C15H18BrN. The van der Waals surface area contributed by atoms with Gasteiger partial charge in [0.1, 0.15) is 0 Å². The molecule has 90 valence electrons. The second-order valence-corrected chi connectivity index (χ2v) is 5.38. The third kappa shape index (κ3) is 4.53. The summed E-state index contributed by atoms with van der Waals surface area (Å²) in [6, 6.07) is 8.17. The highest BCUT2D eigenvalue weighted by Gasteiger charge is 2.07. The minimum Gasteiger partial charge on any atom is -0.302 e. The molecule has 0 amide bonds. The summed E-state index contributed by atoms with van der Waals surface area (Å²) >= 11 is 3.46. The van der Waals surface area contributed by atoms with Crippen LogP contribution in [0.3, 0.4) is 0 Å². The van der Waals surface area contributed by atoms with Crippen LogP contribution >= 0.6 is 15.9 Å². The SMILES string of the molecule is Brc1cccc(C#CCCN2CCCCC2)c1. The first-order valence-electron chi connectivity index (χ1n) is 6.31. The molecule has 0 aromatic heterocycles. The molecule has 1 nitrogen and oxygen atoms in total. The molecule has 2 rings (SSSR count). The normalized spacial score (nSPS) is 16.3. The third-order valence-corrected chi connectivity index (χ3v) is 3.55. The van der Waals surface area contributed by atoms with Gasteiger partial charge in [0.25, 0.3) is 0 Å². The maximum absolute atomic E-state index is 3.46. The number of halogens is 1. The first kappa shape index (κ1) is 12.7. The molecule has 1 aromatic rings. The molecule has 0 radical (unpaired) electrons. The minimum atomic E-state index is 0.979. The van der Waals surface area contributed by atoms with Crippen LogP contribution in [0.5, 0.6) is 0 Å². The first-order valence-corrected chi connectivity index (χ1v) is 7.11. The van der Waals surface area contributed by atoms with E-state index in [1.807, 2.05) is 12.1 Å². The van der Waals surface area contributed by atoms with Gasteiger partial charge in [-0.3, -0.25) is 0 Å². The predicted octanol–water partition coefficient (Wildman–Crippen LogP) is 3.68. The van der Waals surface area contributed by atoms with Crippen molar-refractivity contribution in [3.63, 3.8) is 0 Å². The number of benzene rings is 1. The van der Waals surface area contributed by atoms with E-state index in [9.17, 15) is 0 Å². The van der Waals surface area contributed by atoms with Crippen LogP contribution in [-0.4, -0.2) is 24.5 Å². The van der Waals surface area contributed by atoms with E-state index in [1.165, 1.54) is 32.4 Å². The summed E-state index contributed by atoms with van der Waals surface area (Å²) in [6.07, 6.45) is 5.10. The fraction of sp³-hybridized carbons (Fsp3) is 0.467. The average molecular weight is 292 g/mol. The Morgan fingerprint density at radius 1 is 1.18 bits per heavy atom. The Morgan fingerprint density at radius 2 is 2.00 bits per heavy atom. The molecule has 0 bridgehead atoms. The van der Waals surface area contributed by atoms with Gasteiger partial charge in [0.05, 0.1) is 0 Å². The Hall–Kier alpha value is -0.780. The van der Waals surface area contributed by atoms with E-state index < -0.39 is 0 Å². The number of piperidine rings is 1. The zero-order valence-corrected chi connectivity index (χ0v) is 11.7. The second-order valence-electron chi connectivity index (χ2n) is 4.46. The van der Waals surface area contributed by atoms with E-state index in [4.69, 9.17) is 0 Å². The Labute approximate surface area is 112 Å². The zero-order valence-electron chi connectivity index (χ0n) is 10.1. The molecule has 1 saturated heterocycles. The van der Waals surface area contributed by atoms with Crippen molar-refractivity contribution in [2.45, 2.75) is 25.7 Å². The summed E-state index contributed by atoms with van der Waals surface area (Å²) in [5.41, 5.74) is 1.10. The summed E-state index contributed by atoms with van der Waals surface area (Å²) in [4.78, 5) is 2.53. The Balaban J connectivity index is 1.78. The van der Waals surface area contributed by atoms with Crippen LogP contribution in [0.25, 0.3) is 0 Å². The molecule has 2 heteroatoms. The van der Waals surface area contributed by atoms with Gasteiger partial charge in [-0.15, -0.1) is 0 Å². The van der Waals surface area contributed by atoms with Crippen LogP contribution in [0, 0.1) is 11.8 Å². The zero-order chi connectivity index (χ0) is 11.9. The van der Waals surface area contributed by atoms with Gasteiger partial charge in [0.2, 0.25) is 0 Å². The number of likely N-dealkylation sites (tertiary alicyclic amines) is 1. The topological polar surface area (TPSA) is 3.24 Å². The number of nitrogens with zero attached hydrogens (tertiary/aromatic N) is 1. The lowest BCUT2D eigenvalue weighted by Gasteiger charge is -2.25. The summed E-state index contributed by atoms with van der Waals surface area (Å²) < 4.78 is 1.10. The summed E-state index contributed by atoms with van der Waals surface area (Å²) in [5.74, 6) is 6.48. The molecule has 1 fully saturated rings. The number of hydrogen-bond acceptors (Lipinski definition) is 1. The van der Waals surface area contributed by atoms with Crippen molar-refractivity contribution in [2.24, 2.45) is 0 Å². The maximum atomic E-state index is 3.46. The van der Waals surface area contributed by atoms with Crippen LogP contribution in [0.15, 0.2) is 28.7 Å². The van der Waals surface area contributed by atoms with E-state index in [2.05, 4.69) is 44.8 Å². The van der Waals surface area contributed by atoms with Crippen molar-refractivity contribution in [1.29, 1.82) is 0 Å². The molecule has 0 spiro atoms. The van der Waals surface area contributed by atoms with Gasteiger partial charge in [0, 0.05) is 23.0 Å². The van der Waals surface area contributed by atoms with E-state index in [0.29, 0.717) is 0 Å². The highest BCUT2D eigenvalue weighted by molar-refractivity contribution is 9.10. The molecule has 0 atom stereocenters. The standard InChI is InChI=1S/C15H18BrN/c16-15-9-6-8-14(13-15)7-2-5-12-17-10-3-1-4-11-17/h6,8-9,13H,1,3-5,10-12H2. The molecule has 0 aliphatic carbocycles. The molecule has 0 N–H and O–H groups in total. The third-order valence-electron chi connectivity index (χ3n) is 3.06. The lowest BCUT2D eigenvalue weighted by molar-refractivity contribution is 0.234. The largest absolute Gasteiger partial charge is 0.302 e. The molecule has 1 heterocycles. The molecule has 1 aliphatic heterocycles. The molecule has 1 aromatic carbocycles. The van der Waals surface area contributed by atoms with Crippen molar-refractivity contribution >= 4 is 15.9 Å². The van der Waals surface area contributed by atoms with Crippen molar-refractivity contribution < 1.29 is 0 Å². The van der Waals surface area contributed by atoms with E-state index >= 15 is 0 Å². The van der Waals surface area contributed by atoms with Gasteiger partial charge >= 0.3 is 0 Å². The summed E-state index contributed by atoms with van der Waals surface area (Å²) in [6.45, 7) is 3.65. The predicted molar refractivity (Wildman–Crippen MR) is 75.9 cm³/mol. The van der Waals surface area contributed by atoms with Crippen molar-refractivity contribution in [2.75, 3.05) is 19.6 Å². The monoisotopic (exact) mass is 291 g/mol. The van der Waals surface area contributed by atoms with E-state index in [-0.39, 0.29) is 0 Å². The summed E-state index contributed by atoms with van der Waals surface area (Å²) in [5, 5.41) is 0. The Bertz CT molecular complexity index is 410. The van der Waals surface area contributed by atoms with Crippen LogP contribution in [0.1, 0.15) is 31.2 Å². The van der Waals surface area contributed by atoms with Crippen LogP contribution < -0.4 is 0 Å². The fourth-order valence-corrected chi connectivity index (χ4v) is 2.53. The smallest absolute Gasteiger partial charge is 0.0256 e. The molecule has 1 aliphatic rings. The van der Waals surface area contributed by atoms with Crippen LogP contribution in [0.4, 0.5) is 0 Å².